The summed E-state index contributed by atoms with van der Waals surface area (Å²) < 4.78 is 0.936. The molecular formula is C11H12BrNO. The summed E-state index contributed by atoms with van der Waals surface area (Å²) in [5, 5.41) is 2.77. The predicted octanol–water partition coefficient (Wildman–Crippen LogP) is 3.44. The summed E-state index contributed by atoms with van der Waals surface area (Å²) in [5.74, 6) is -0.0781. The van der Waals surface area contributed by atoms with E-state index in [1.54, 1.807) is 0 Å². The second-order valence-electron chi connectivity index (χ2n) is 3.15. The van der Waals surface area contributed by atoms with Crippen LogP contribution < -0.4 is 5.32 Å². The summed E-state index contributed by atoms with van der Waals surface area (Å²) in [6.07, 6.45) is 0. The van der Waals surface area contributed by atoms with Crippen molar-refractivity contribution in [1.82, 2.24) is 0 Å². The van der Waals surface area contributed by atoms with Gasteiger partial charge < -0.3 is 5.32 Å². The molecule has 0 aromatic heterocycles. The fourth-order valence-electron chi connectivity index (χ4n) is 1.18. The van der Waals surface area contributed by atoms with Gasteiger partial charge in [-0.2, -0.15) is 0 Å². The van der Waals surface area contributed by atoms with Crippen LogP contribution in [0.25, 0.3) is 5.57 Å². The number of benzene rings is 1. The molecule has 1 rings (SSSR count). The van der Waals surface area contributed by atoms with E-state index in [0.29, 0.717) is 0 Å². The number of carbonyl (C=O) groups is 1. The smallest absolute Gasteiger partial charge is 0.221 e. The summed E-state index contributed by atoms with van der Waals surface area (Å²) in [7, 11) is 0. The fraction of sp³-hybridized carbons (Fsp3) is 0.182. The molecule has 0 spiro atoms. The van der Waals surface area contributed by atoms with E-state index in [2.05, 4.69) is 27.8 Å². The molecule has 2 nitrogen and oxygen atoms in total. The fourth-order valence-corrected chi connectivity index (χ4v) is 1.54. The summed E-state index contributed by atoms with van der Waals surface area (Å²) >= 11 is 3.35. The average molecular weight is 254 g/mol. The van der Waals surface area contributed by atoms with Crippen molar-refractivity contribution in [2.75, 3.05) is 5.32 Å². The molecule has 14 heavy (non-hydrogen) atoms. The van der Waals surface area contributed by atoms with Crippen LogP contribution in [0.15, 0.2) is 29.3 Å². The average Bonchev–Trinajstić information content (AvgIpc) is 2.01. The number of hydrogen-bond donors (Lipinski definition) is 1. The van der Waals surface area contributed by atoms with Gasteiger partial charge in [-0.25, -0.2) is 0 Å². The maximum absolute atomic E-state index is 10.9. The Morgan fingerprint density at radius 1 is 1.43 bits per heavy atom. The van der Waals surface area contributed by atoms with Gasteiger partial charge in [-0.3, -0.25) is 4.79 Å². The second kappa shape index (κ2) is 4.42. The molecule has 1 aromatic carbocycles. The first-order chi connectivity index (χ1) is 6.50. The first kappa shape index (κ1) is 11.0. The third-order valence-corrected chi connectivity index (χ3v) is 2.25. The van der Waals surface area contributed by atoms with Crippen LogP contribution in [0.1, 0.15) is 19.4 Å². The maximum Gasteiger partial charge on any atom is 0.221 e. The van der Waals surface area contributed by atoms with Gasteiger partial charge in [0.2, 0.25) is 5.91 Å². The minimum absolute atomic E-state index is 0.0781. The van der Waals surface area contributed by atoms with Crippen molar-refractivity contribution in [1.29, 1.82) is 0 Å². The Bertz CT molecular complexity index is 385. The highest BCUT2D eigenvalue weighted by Gasteiger charge is 2.04. The molecule has 0 aliphatic heterocycles. The van der Waals surface area contributed by atoms with E-state index in [1.807, 2.05) is 25.1 Å². The number of hydrogen-bond acceptors (Lipinski definition) is 1. The molecule has 0 aliphatic rings. The number of rotatable bonds is 2. The standard InChI is InChI=1S/C11H12BrNO/c1-7(2)10-5-4-9(12)6-11(10)13-8(3)14/h4-6H,1H2,2-3H3,(H,13,14). The Balaban J connectivity index is 3.15. The molecular weight excluding hydrogens is 242 g/mol. The van der Waals surface area contributed by atoms with Gasteiger partial charge in [0.05, 0.1) is 0 Å². The number of nitrogens with one attached hydrogen (secondary N) is 1. The van der Waals surface area contributed by atoms with Gasteiger partial charge in [-0.05, 0) is 24.6 Å². The second-order valence-corrected chi connectivity index (χ2v) is 4.07. The van der Waals surface area contributed by atoms with Gasteiger partial charge in [0.25, 0.3) is 0 Å². The minimum Gasteiger partial charge on any atom is -0.326 e. The Labute approximate surface area is 92.1 Å². The van der Waals surface area contributed by atoms with Gasteiger partial charge in [0, 0.05) is 22.6 Å². The van der Waals surface area contributed by atoms with Crippen molar-refractivity contribution in [3.8, 4) is 0 Å². The van der Waals surface area contributed by atoms with Crippen LogP contribution in [0.2, 0.25) is 0 Å². The van der Waals surface area contributed by atoms with E-state index in [4.69, 9.17) is 0 Å². The number of carbonyl (C=O) groups excluding carboxylic acids is 1. The minimum atomic E-state index is -0.0781. The highest BCUT2D eigenvalue weighted by Crippen LogP contribution is 2.26. The number of allylic oxidation sites excluding steroid dienone is 1. The van der Waals surface area contributed by atoms with Crippen molar-refractivity contribution in [3.63, 3.8) is 0 Å². The molecule has 74 valence electrons. The Morgan fingerprint density at radius 3 is 2.57 bits per heavy atom. The molecule has 0 unspecified atom stereocenters. The molecule has 1 N–H and O–H groups in total. The zero-order valence-corrected chi connectivity index (χ0v) is 9.81. The Morgan fingerprint density at radius 2 is 2.07 bits per heavy atom. The number of amides is 1. The van der Waals surface area contributed by atoms with E-state index in [-0.39, 0.29) is 5.91 Å². The zero-order valence-electron chi connectivity index (χ0n) is 8.23. The molecule has 0 heterocycles. The Hall–Kier alpha value is -1.09. The van der Waals surface area contributed by atoms with Crippen molar-refractivity contribution in [3.05, 3.63) is 34.8 Å². The van der Waals surface area contributed by atoms with E-state index < -0.39 is 0 Å². The van der Waals surface area contributed by atoms with Gasteiger partial charge >= 0.3 is 0 Å². The monoisotopic (exact) mass is 253 g/mol. The molecule has 0 radical (unpaired) electrons. The van der Waals surface area contributed by atoms with Gasteiger partial charge in [-0.1, -0.05) is 28.6 Å². The van der Waals surface area contributed by atoms with Gasteiger partial charge in [0.15, 0.2) is 0 Å². The molecule has 0 bridgehead atoms. The lowest BCUT2D eigenvalue weighted by molar-refractivity contribution is -0.114. The topological polar surface area (TPSA) is 29.1 Å². The lowest BCUT2D eigenvalue weighted by Gasteiger charge is -2.09. The first-order valence-corrected chi connectivity index (χ1v) is 5.03. The highest BCUT2D eigenvalue weighted by molar-refractivity contribution is 9.10. The van der Waals surface area contributed by atoms with Crippen LogP contribution in [-0.4, -0.2) is 5.91 Å². The number of halogens is 1. The van der Waals surface area contributed by atoms with Gasteiger partial charge in [-0.15, -0.1) is 0 Å². The normalized spacial score (nSPS) is 9.64. The highest BCUT2D eigenvalue weighted by atomic mass is 79.9. The van der Waals surface area contributed by atoms with Crippen molar-refractivity contribution in [2.24, 2.45) is 0 Å². The van der Waals surface area contributed by atoms with Crippen LogP contribution in [0.5, 0.6) is 0 Å². The van der Waals surface area contributed by atoms with E-state index in [0.717, 1.165) is 21.3 Å². The van der Waals surface area contributed by atoms with Crippen LogP contribution in [-0.2, 0) is 4.79 Å². The van der Waals surface area contributed by atoms with Crippen LogP contribution in [0.4, 0.5) is 5.69 Å². The molecule has 0 fully saturated rings. The van der Waals surface area contributed by atoms with E-state index in [9.17, 15) is 4.79 Å². The number of anilines is 1. The molecule has 3 heteroatoms. The van der Waals surface area contributed by atoms with Crippen molar-refractivity contribution >= 4 is 33.1 Å². The van der Waals surface area contributed by atoms with E-state index in [1.165, 1.54) is 6.92 Å². The lowest BCUT2D eigenvalue weighted by atomic mass is 10.1. The molecule has 0 saturated heterocycles. The van der Waals surface area contributed by atoms with Crippen molar-refractivity contribution < 1.29 is 4.79 Å². The Kier molecular flexibility index (Phi) is 3.47. The lowest BCUT2D eigenvalue weighted by Crippen LogP contribution is -2.07. The molecule has 1 amide bonds. The summed E-state index contributed by atoms with van der Waals surface area (Å²) in [5.41, 5.74) is 2.68. The van der Waals surface area contributed by atoms with Gasteiger partial charge in [0.1, 0.15) is 0 Å². The molecule has 0 saturated carbocycles. The molecule has 0 aliphatic carbocycles. The quantitative estimate of drug-likeness (QED) is 0.860. The summed E-state index contributed by atoms with van der Waals surface area (Å²) in [6, 6.07) is 5.72. The summed E-state index contributed by atoms with van der Waals surface area (Å²) in [4.78, 5) is 10.9. The predicted molar refractivity (Wildman–Crippen MR) is 63.2 cm³/mol. The maximum atomic E-state index is 10.9. The molecule has 0 atom stereocenters. The largest absolute Gasteiger partial charge is 0.326 e. The SMILES string of the molecule is C=C(C)c1ccc(Br)cc1NC(C)=O. The third-order valence-electron chi connectivity index (χ3n) is 1.75. The first-order valence-electron chi connectivity index (χ1n) is 4.23. The zero-order chi connectivity index (χ0) is 10.7. The van der Waals surface area contributed by atoms with Crippen molar-refractivity contribution in [2.45, 2.75) is 13.8 Å². The molecule has 1 aromatic rings. The third kappa shape index (κ3) is 2.70. The van der Waals surface area contributed by atoms with Crippen LogP contribution in [0, 0.1) is 0 Å². The van der Waals surface area contributed by atoms with Crippen LogP contribution >= 0.6 is 15.9 Å². The summed E-state index contributed by atoms with van der Waals surface area (Å²) in [6.45, 7) is 7.26. The van der Waals surface area contributed by atoms with Crippen LogP contribution in [0.3, 0.4) is 0 Å². The van der Waals surface area contributed by atoms with E-state index >= 15 is 0 Å².